The van der Waals surface area contributed by atoms with Gasteiger partial charge in [0.1, 0.15) is 18.3 Å². The standard InChI is InChI=1S/C17H18N4O/c1-12(18)21-16-9-5-8-15(14(16)10-22-11-17(21)19)20-13-6-3-2-4-7-13/h2-9,18-20H,10-11H2,1H3. The largest absolute Gasteiger partial charge is 0.369 e. The lowest BCUT2D eigenvalue weighted by Crippen LogP contribution is -2.36. The first-order valence-corrected chi connectivity index (χ1v) is 7.11. The van der Waals surface area contributed by atoms with Crippen LogP contribution in [0.1, 0.15) is 12.5 Å². The van der Waals surface area contributed by atoms with Gasteiger partial charge in [-0.1, -0.05) is 24.3 Å². The summed E-state index contributed by atoms with van der Waals surface area (Å²) in [5, 5.41) is 19.4. The highest BCUT2D eigenvalue weighted by atomic mass is 16.5. The van der Waals surface area contributed by atoms with Crippen molar-refractivity contribution in [1.82, 2.24) is 0 Å². The van der Waals surface area contributed by atoms with Gasteiger partial charge in [0.15, 0.2) is 0 Å². The highest BCUT2D eigenvalue weighted by Crippen LogP contribution is 2.32. The Morgan fingerprint density at radius 1 is 1.09 bits per heavy atom. The fraction of sp³-hybridized carbons (Fsp3) is 0.176. The Morgan fingerprint density at radius 2 is 1.86 bits per heavy atom. The van der Waals surface area contributed by atoms with Gasteiger partial charge >= 0.3 is 0 Å². The fourth-order valence-corrected chi connectivity index (χ4v) is 2.57. The predicted molar refractivity (Wildman–Crippen MR) is 89.4 cm³/mol. The van der Waals surface area contributed by atoms with Crippen LogP contribution in [0.3, 0.4) is 0 Å². The Balaban J connectivity index is 2.04. The number of nitrogens with zero attached hydrogens (tertiary/aromatic N) is 1. The molecule has 1 aliphatic rings. The summed E-state index contributed by atoms with van der Waals surface area (Å²) in [6.45, 7) is 2.30. The molecule has 112 valence electrons. The molecule has 0 radical (unpaired) electrons. The van der Waals surface area contributed by atoms with E-state index in [4.69, 9.17) is 15.6 Å². The van der Waals surface area contributed by atoms with Gasteiger partial charge in [0.05, 0.1) is 12.3 Å². The Bertz CT molecular complexity index is 712. The van der Waals surface area contributed by atoms with Crippen LogP contribution in [0.4, 0.5) is 17.1 Å². The van der Waals surface area contributed by atoms with Crippen LogP contribution in [0.5, 0.6) is 0 Å². The Morgan fingerprint density at radius 3 is 2.59 bits per heavy atom. The molecule has 0 fully saturated rings. The van der Waals surface area contributed by atoms with Crippen LogP contribution in [-0.2, 0) is 11.3 Å². The van der Waals surface area contributed by atoms with Crippen LogP contribution < -0.4 is 10.2 Å². The van der Waals surface area contributed by atoms with Crippen LogP contribution in [-0.4, -0.2) is 18.3 Å². The van der Waals surface area contributed by atoms with E-state index in [1.807, 2.05) is 48.5 Å². The number of nitrogens with one attached hydrogen (secondary N) is 3. The lowest BCUT2D eigenvalue weighted by molar-refractivity contribution is 0.160. The second kappa shape index (κ2) is 5.99. The smallest absolute Gasteiger partial charge is 0.132 e. The van der Waals surface area contributed by atoms with Crippen LogP contribution >= 0.6 is 0 Å². The monoisotopic (exact) mass is 294 g/mol. The van der Waals surface area contributed by atoms with Gasteiger partial charge in [0.2, 0.25) is 0 Å². The van der Waals surface area contributed by atoms with Crippen molar-refractivity contribution in [2.24, 2.45) is 0 Å². The summed E-state index contributed by atoms with van der Waals surface area (Å²) < 4.78 is 5.59. The SMILES string of the molecule is CC(=N)N1C(=N)COCc2c(Nc3ccccc3)cccc21. The lowest BCUT2D eigenvalue weighted by atomic mass is 10.1. The molecule has 0 unspecified atom stereocenters. The molecule has 0 aliphatic carbocycles. The van der Waals surface area contributed by atoms with Gasteiger partial charge in [-0.15, -0.1) is 0 Å². The maximum Gasteiger partial charge on any atom is 0.132 e. The maximum absolute atomic E-state index is 8.08. The van der Waals surface area contributed by atoms with Crippen molar-refractivity contribution in [3.63, 3.8) is 0 Å². The molecule has 5 heteroatoms. The van der Waals surface area contributed by atoms with E-state index < -0.39 is 0 Å². The second-order valence-electron chi connectivity index (χ2n) is 5.15. The van der Waals surface area contributed by atoms with E-state index in [2.05, 4.69) is 5.32 Å². The van der Waals surface area contributed by atoms with Gasteiger partial charge in [-0.3, -0.25) is 15.7 Å². The summed E-state index contributed by atoms with van der Waals surface area (Å²) in [5.74, 6) is 0.594. The van der Waals surface area contributed by atoms with E-state index in [1.165, 1.54) is 0 Å². The summed E-state index contributed by atoms with van der Waals surface area (Å²) in [7, 11) is 0. The summed E-state index contributed by atoms with van der Waals surface area (Å²) in [6, 6.07) is 15.8. The van der Waals surface area contributed by atoms with Crippen LogP contribution in [0.2, 0.25) is 0 Å². The molecular weight excluding hydrogens is 276 g/mol. The topological polar surface area (TPSA) is 72.2 Å². The molecule has 0 bridgehead atoms. The first-order valence-electron chi connectivity index (χ1n) is 7.11. The Labute approximate surface area is 129 Å². The molecule has 2 aromatic rings. The van der Waals surface area contributed by atoms with Gasteiger partial charge in [-0.05, 0) is 31.2 Å². The van der Waals surface area contributed by atoms with Crippen molar-refractivity contribution in [2.75, 3.05) is 16.8 Å². The molecule has 0 spiro atoms. The van der Waals surface area contributed by atoms with Crippen LogP contribution in [0.25, 0.3) is 0 Å². The van der Waals surface area contributed by atoms with E-state index in [0.29, 0.717) is 12.4 Å². The summed E-state index contributed by atoms with van der Waals surface area (Å²) in [6.07, 6.45) is 0. The fourth-order valence-electron chi connectivity index (χ4n) is 2.57. The van der Waals surface area contributed by atoms with Crippen molar-refractivity contribution in [3.05, 3.63) is 54.1 Å². The Hall–Kier alpha value is -2.66. The third-order valence-corrected chi connectivity index (χ3v) is 3.54. The predicted octanol–water partition coefficient (Wildman–Crippen LogP) is 3.74. The average molecular weight is 294 g/mol. The first kappa shape index (κ1) is 14.3. The molecular formula is C17H18N4O. The van der Waals surface area contributed by atoms with Gasteiger partial charge in [0, 0.05) is 16.9 Å². The summed E-state index contributed by atoms with van der Waals surface area (Å²) in [5.41, 5.74) is 3.72. The number of para-hydroxylation sites is 1. The van der Waals surface area contributed by atoms with Crippen molar-refractivity contribution in [3.8, 4) is 0 Å². The zero-order valence-corrected chi connectivity index (χ0v) is 12.4. The van der Waals surface area contributed by atoms with Crippen molar-refractivity contribution < 1.29 is 4.74 Å². The molecule has 3 rings (SSSR count). The molecule has 0 atom stereocenters. The highest BCUT2D eigenvalue weighted by Gasteiger charge is 2.23. The van der Waals surface area contributed by atoms with Crippen LogP contribution in [0, 0.1) is 10.8 Å². The van der Waals surface area contributed by atoms with E-state index in [1.54, 1.807) is 11.8 Å². The number of hydrogen-bond donors (Lipinski definition) is 3. The molecule has 2 aromatic carbocycles. The molecule has 0 amide bonds. The Kier molecular flexibility index (Phi) is 3.89. The second-order valence-corrected chi connectivity index (χ2v) is 5.15. The van der Waals surface area contributed by atoms with Crippen molar-refractivity contribution in [1.29, 1.82) is 10.8 Å². The number of ether oxygens (including phenoxy) is 1. The number of amidine groups is 2. The zero-order valence-electron chi connectivity index (χ0n) is 12.4. The minimum absolute atomic E-state index is 0.204. The third kappa shape index (κ3) is 2.71. The maximum atomic E-state index is 8.08. The molecule has 22 heavy (non-hydrogen) atoms. The van der Waals surface area contributed by atoms with Gasteiger partial charge < -0.3 is 10.1 Å². The van der Waals surface area contributed by atoms with Crippen molar-refractivity contribution >= 4 is 28.7 Å². The quantitative estimate of drug-likeness (QED) is 0.583. The number of rotatable bonds is 2. The third-order valence-electron chi connectivity index (χ3n) is 3.54. The average Bonchev–Trinajstić information content (AvgIpc) is 2.67. The molecule has 1 aliphatic heterocycles. The molecule has 5 nitrogen and oxygen atoms in total. The van der Waals surface area contributed by atoms with Crippen molar-refractivity contribution in [2.45, 2.75) is 13.5 Å². The normalized spacial score (nSPS) is 14.2. The van der Waals surface area contributed by atoms with Gasteiger partial charge in [0.25, 0.3) is 0 Å². The van der Waals surface area contributed by atoms with E-state index in [0.717, 1.165) is 22.6 Å². The summed E-state index contributed by atoms with van der Waals surface area (Å²) >= 11 is 0. The lowest BCUT2D eigenvalue weighted by Gasteiger charge is -2.24. The van der Waals surface area contributed by atoms with Crippen LogP contribution in [0.15, 0.2) is 48.5 Å². The number of fused-ring (bicyclic) bond motifs is 1. The number of anilines is 3. The molecule has 0 saturated heterocycles. The van der Waals surface area contributed by atoms with Gasteiger partial charge in [-0.25, -0.2) is 0 Å². The zero-order chi connectivity index (χ0) is 15.5. The summed E-state index contributed by atoms with van der Waals surface area (Å²) in [4.78, 5) is 1.62. The van der Waals surface area contributed by atoms with E-state index in [-0.39, 0.29) is 12.4 Å². The van der Waals surface area contributed by atoms with E-state index in [9.17, 15) is 0 Å². The minimum atomic E-state index is 0.204. The molecule has 3 N–H and O–H groups in total. The molecule has 1 heterocycles. The first-order chi connectivity index (χ1) is 10.7. The molecule has 0 aromatic heterocycles. The number of hydrogen-bond acceptors (Lipinski definition) is 4. The minimum Gasteiger partial charge on any atom is -0.369 e. The van der Waals surface area contributed by atoms with Gasteiger partial charge in [-0.2, -0.15) is 0 Å². The highest BCUT2D eigenvalue weighted by molar-refractivity contribution is 6.17. The number of benzene rings is 2. The molecule has 0 saturated carbocycles. The van der Waals surface area contributed by atoms with E-state index >= 15 is 0 Å².